The number of fused-ring (bicyclic) bond motifs is 3. The Morgan fingerprint density at radius 1 is 0.909 bits per heavy atom. The Kier molecular flexibility index (Phi) is 7.59. The van der Waals surface area contributed by atoms with Gasteiger partial charge in [0.15, 0.2) is 17.5 Å². The lowest BCUT2D eigenvalue weighted by Gasteiger charge is -2.53. The molecule has 8 heteroatoms. The van der Waals surface area contributed by atoms with Crippen molar-refractivity contribution in [2.24, 2.45) is 11.3 Å². The first kappa shape index (κ1) is 28.5. The lowest BCUT2D eigenvalue weighted by atomic mass is 9.53. The van der Waals surface area contributed by atoms with Crippen LogP contribution in [0.4, 0.5) is 5.69 Å². The van der Waals surface area contributed by atoms with Crippen molar-refractivity contribution in [1.82, 2.24) is 15.1 Å². The summed E-state index contributed by atoms with van der Waals surface area (Å²) >= 11 is 0. The molecule has 1 amide bonds. The van der Waals surface area contributed by atoms with Gasteiger partial charge in [0, 0.05) is 54.7 Å². The number of amides is 1. The van der Waals surface area contributed by atoms with Gasteiger partial charge in [0.1, 0.15) is 0 Å². The average molecular weight is 599 g/mol. The van der Waals surface area contributed by atoms with Gasteiger partial charge in [-0.1, -0.05) is 36.6 Å². The number of ether oxygens (including phenoxy) is 1. The van der Waals surface area contributed by atoms with E-state index in [-0.39, 0.29) is 16.7 Å². The van der Waals surface area contributed by atoms with Crippen molar-refractivity contribution in [1.29, 1.82) is 0 Å². The number of oxazole rings is 1. The molecule has 1 aliphatic heterocycles. The van der Waals surface area contributed by atoms with Gasteiger partial charge in [-0.15, -0.1) is 0 Å². The summed E-state index contributed by atoms with van der Waals surface area (Å²) in [7, 11) is 0. The molecule has 1 saturated heterocycles. The van der Waals surface area contributed by atoms with Crippen LogP contribution in [0.2, 0.25) is 0 Å². The summed E-state index contributed by atoms with van der Waals surface area (Å²) in [6.07, 6.45) is 19.4. The number of carbonyl (C=O) groups is 1. The maximum atomic E-state index is 14.2. The molecule has 6 fully saturated rings. The molecule has 0 spiro atoms. The molecular formula is C36H46N4O4. The second kappa shape index (κ2) is 11.7. The van der Waals surface area contributed by atoms with Crippen LogP contribution in [-0.2, 0) is 14.9 Å². The van der Waals surface area contributed by atoms with Gasteiger partial charge in [-0.2, -0.15) is 4.98 Å². The fraction of sp³-hybridized carbons (Fsp3) is 0.667. The second-order valence-electron chi connectivity index (χ2n) is 14.7. The fourth-order valence-electron chi connectivity index (χ4n) is 8.57. The summed E-state index contributed by atoms with van der Waals surface area (Å²) < 4.78 is 17.7. The predicted molar refractivity (Wildman–Crippen MR) is 166 cm³/mol. The van der Waals surface area contributed by atoms with Crippen molar-refractivity contribution in [2.45, 2.75) is 120 Å². The quantitative estimate of drug-likeness (QED) is 0.246. The van der Waals surface area contributed by atoms with Crippen LogP contribution in [-0.4, -0.2) is 40.8 Å². The van der Waals surface area contributed by atoms with Gasteiger partial charge in [0.25, 0.3) is 0 Å². The third kappa shape index (κ3) is 5.63. The van der Waals surface area contributed by atoms with E-state index in [0.29, 0.717) is 24.2 Å². The van der Waals surface area contributed by atoms with Crippen LogP contribution in [0, 0.1) is 11.3 Å². The van der Waals surface area contributed by atoms with Gasteiger partial charge in [-0.3, -0.25) is 4.79 Å². The van der Waals surface area contributed by atoms with Gasteiger partial charge in [0.2, 0.25) is 11.8 Å². The Bertz CT molecular complexity index is 1440. The molecule has 2 aromatic heterocycles. The standard InChI is InChI=1S/C36H46N4O4/c41-31(21-25-5-2-1-3-6-25)40(29-8-4-7-28(22-29)30-23-37-33(43-30)27-11-19-42-20-12-27)24-35-13-16-36(17-14-35,18-15-35)34-38-32(39-44-34)26-9-10-26/h4,7-8,22-23,25-27H,1-3,5-6,9-21,24H2. The van der Waals surface area contributed by atoms with Gasteiger partial charge in [0.05, 0.1) is 6.20 Å². The first-order valence-electron chi connectivity index (χ1n) is 17.4. The third-order valence-electron chi connectivity index (χ3n) is 11.8. The van der Waals surface area contributed by atoms with Crippen LogP contribution in [0.1, 0.15) is 132 Å². The van der Waals surface area contributed by atoms with E-state index >= 15 is 0 Å². The van der Waals surface area contributed by atoms with Gasteiger partial charge in [-0.05, 0) is 101 Å². The zero-order valence-corrected chi connectivity index (χ0v) is 26.0. The number of benzene rings is 1. The molecule has 0 atom stereocenters. The maximum absolute atomic E-state index is 14.2. The SMILES string of the molecule is O=C(CC1CCCCC1)N(CC12CCC(c3nc(C4CC4)no3)(CC1)CC2)c1cccc(-c2cnc(C3CCOCC3)o2)c1. The lowest BCUT2D eigenvalue weighted by molar-refractivity contribution is -0.120. The van der Waals surface area contributed by atoms with Crippen LogP contribution in [0.5, 0.6) is 0 Å². The largest absolute Gasteiger partial charge is 0.440 e. The van der Waals surface area contributed by atoms with E-state index in [0.717, 1.165) is 106 Å². The molecule has 5 aliphatic carbocycles. The molecule has 0 unspecified atom stereocenters. The topological polar surface area (TPSA) is 94.5 Å². The monoisotopic (exact) mass is 598 g/mol. The Balaban J connectivity index is 1.03. The number of rotatable bonds is 9. The van der Waals surface area contributed by atoms with Crippen molar-refractivity contribution in [3.63, 3.8) is 0 Å². The molecule has 9 rings (SSSR count). The molecule has 0 radical (unpaired) electrons. The van der Waals surface area contributed by atoms with Crippen molar-refractivity contribution >= 4 is 11.6 Å². The van der Waals surface area contributed by atoms with Crippen LogP contribution < -0.4 is 4.90 Å². The van der Waals surface area contributed by atoms with Crippen LogP contribution in [0.3, 0.4) is 0 Å². The van der Waals surface area contributed by atoms with Crippen molar-refractivity contribution in [2.75, 3.05) is 24.7 Å². The first-order valence-corrected chi connectivity index (χ1v) is 17.4. The van der Waals surface area contributed by atoms with Crippen molar-refractivity contribution in [3.8, 4) is 11.3 Å². The zero-order valence-electron chi connectivity index (χ0n) is 26.0. The number of nitrogens with zero attached hydrogens (tertiary/aromatic N) is 4. The molecule has 6 aliphatic rings. The molecule has 3 heterocycles. The second-order valence-corrected chi connectivity index (χ2v) is 14.7. The summed E-state index contributed by atoms with van der Waals surface area (Å²) in [5, 5.41) is 4.35. The van der Waals surface area contributed by atoms with Gasteiger partial charge < -0.3 is 18.6 Å². The Morgan fingerprint density at radius 3 is 2.43 bits per heavy atom. The summed E-state index contributed by atoms with van der Waals surface area (Å²) in [4.78, 5) is 25.9. The zero-order chi connectivity index (χ0) is 29.6. The van der Waals surface area contributed by atoms with E-state index in [4.69, 9.17) is 18.7 Å². The van der Waals surface area contributed by atoms with Crippen molar-refractivity contribution in [3.05, 3.63) is 48.1 Å². The van der Waals surface area contributed by atoms with Gasteiger partial charge in [-0.25, -0.2) is 4.98 Å². The Hall–Kier alpha value is -3.00. The highest BCUT2D eigenvalue weighted by molar-refractivity contribution is 5.94. The van der Waals surface area contributed by atoms with E-state index in [2.05, 4.69) is 39.3 Å². The third-order valence-corrected chi connectivity index (χ3v) is 11.8. The summed E-state index contributed by atoms with van der Waals surface area (Å²) in [6.45, 7) is 2.30. The molecular weight excluding hydrogens is 552 g/mol. The summed E-state index contributed by atoms with van der Waals surface area (Å²) in [5.74, 6) is 4.97. The number of carbonyl (C=O) groups excluding carboxylic acids is 1. The minimum absolute atomic E-state index is 0.0210. The maximum Gasteiger partial charge on any atom is 0.232 e. The highest BCUT2D eigenvalue weighted by atomic mass is 16.5. The Morgan fingerprint density at radius 2 is 1.68 bits per heavy atom. The van der Waals surface area contributed by atoms with Crippen LogP contribution in [0.25, 0.3) is 11.3 Å². The number of aromatic nitrogens is 3. The Labute approximate surface area is 260 Å². The van der Waals surface area contributed by atoms with Gasteiger partial charge >= 0.3 is 0 Å². The molecule has 1 aromatic carbocycles. The minimum atomic E-state index is 0.0210. The van der Waals surface area contributed by atoms with Crippen LogP contribution >= 0.6 is 0 Å². The summed E-state index contributed by atoms with van der Waals surface area (Å²) in [5.41, 5.74) is 2.11. The molecule has 0 N–H and O–H groups in total. The van der Waals surface area contributed by atoms with E-state index in [1.165, 1.54) is 44.9 Å². The summed E-state index contributed by atoms with van der Waals surface area (Å²) in [6, 6.07) is 8.41. The highest BCUT2D eigenvalue weighted by Crippen LogP contribution is 2.58. The van der Waals surface area contributed by atoms with E-state index in [9.17, 15) is 4.79 Å². The normalized spacial score (nSPS) is 27.9. The molecule has 3 aromatic rings. The highest BCUT2D eigenvalue weighted by Gasteiger charge is 2.53. The molecule has 2 bridgehead atoms. The van der Waals surface area contributed by atoms with E-state index in [1.54, 1.807) is 0 Å². The number of anilines is 1. The van der Waals surface area contributed by atoms with E-state index in [1.807, 2.05) is 6.20 Å². The lowest BCUT2D eigenvalue weighted by Crippen LogP contribution is -2.51. The molecule has 44 heavy (non-hydrogen) atoms. The first-order chi connectivity index (χ1) is 21.6. The predicted octanol–water partition coefficient (Wildman–Crippen LogP) is 8.09. The average Bonchev–Trinajstić information content (AvgIpc) is 3.58. The van der Waals surface area contributed by atoms with Crippen molar-refractivity contribution < 1.29 is 18.5 Å². The minimum Gasteiger partial charge on any atom is -0.440 e. The van der Waals surface area contributed by atoms with E-state index < -0.39 is 0 Å². The van der Waals surface area contributed by atoms with Crippen LogP contribution in [0.15, 0.2) is 39.4 Å². The number of hydrogen-bond donors (Lipinski definition) is 0. The number of hydrogen-bond acceptors (Lipinski definition) is 7. The molecule has 234 valence electrons. The molecule has 8 nitrogen and oxygen atoms in total. The fourth-order valence-corrected chi connectivity index (χ4v) is 8.57. The molecule has 5 saturated carbocycles. The smallest absolute Gasteiger partial charge is 0.232 e.